The molecule has 4 heteroatoms. The van der Waals surface area contributed by atoms with Crippen LogP contribution in [0.3, 0.4) is 0 Å². The summed E-state index contributed by atoms with van der Waals surface area (Å²) in [6.07, 6.45) is 3.80. The lowest BCUT2D eigenvalue weighted by molar-refractivity contribution is 0.398. The summed E-state index contributed by atoms with van der Waals surface area (Å²) in [5.74, 6) is 0.258. The molecule has 13 heavy (non-hydrogen) atoms. The second kappa shape index (κ2) is 2.65. The van der Waals surface area contributed by atoms with Gasteiger partial charge in [-0.2, -0.15) is 0 Å². The van der Waals surface area contributed by atoms with Crippen LogP contribution < -0.4 is 5.69 Å². The molecule has 0 aliphatic heterocycles. The first-order valence-electron chi connectivity index (χ1n) is 4.05. The second-order valence-electron chi connectivity index (χ2n) is 3.12. The minimum Gasteiger partial charge on any atom is -0.512 e. The number of imidazole rings is 1. The predicted molar refractivity (Wildman–Crippen MR) is 49.5 cm³/mol. The SMILES string of the molecule is CC1=CC=C(O)Cc2[nH]c(=O)[nH]c21. The Morgan fingerprint density at radius 3 is 2.92 bits per heavy atom. The normalized spacial score (nSPS) is 15.8. The highest BCUT2D eigenvalue weighted by molar-refractivity contribution is 5.65. The minimum absolute atomic E-state index is 0.229. The van der Waals surface area contributed by atoms with Crippen LogP contribution in [-0.4, -0.2) is 15.1 Å². The number of H-pyrrole nitrogens is 2. The van der Waals surface area contributed by atoms with Gasteiger partial charge in [-0.3, -0.25) is 0 Å². The summed E-state index contributed by atoms with van der Waals surface area (Å²) in [6.45, 7) is 1.89. The number of fused-ring (bicyclic) bond motifs is 1. The predicted octanol–water partition coefficient (Wildman–Crippen LogP) is 1.10. The number of aliphatic hydroxyl groups is 1. The largest absolute Gasteiger partial charge is 0.512 e. The zero-order valence-corrected chi connectivity index (χ0v) is 7.22. The van der Waals surface area contributed by atoms with Crippen LogP contribution in [0.25, 0.3) is 5.57 Å². The summed E-state index contributed by atoms with van der Waals surface area (Å²) < 4.78 is 0. The smallest absolute Gasteiger partial charge is 0.323 e. The molecular formula is C9H10N2O2. The van der Waals surface area contributed by atoms with Crippen LogP contribution in [-0.2, 0) is 6.42 Å². The van der Waals surface area contributed by atoms with Crippen LogP contribution in [0.15, 0.2) is 22.7 Å². The third-order valence-corrected chi connectivity index (χ3v) is 2.08. The summed E-state index contributed by atoms with van der Waals surface area (Å²) in [5, 5.41) is 9.34. The first-order chi connectivity index (χ1) is 6.16. The fraction of sp³-hybridized carbons (Fsp3) is 0.222. The van der Waals surface area contributed by atoms with Crippen molar-refractivity contribution in [3.8, 4) is 0 Å². The van der Waals surface area contributed by atoms with Gasteiger partial charge in [-0.1, -0.05) is 6.08 Å². The van der Waals surface area contributed by atoms with E-state index in [-0.39, 0.29) is 11.4 Å². The molecule has 0 atom stereocenters. The van der Waals surface area contributed by atoms with E-state index in [2.05, 4.69) is 9.97 Å². The lowest BCUT2D eigenvalue weighted by atomic mass is 10.1. The van der Waals surface area contributed by atoms with Gasteiger partial charge in [0.15, 0.2) is 0 Å². The minimum atomic E-state index is -0.229. The van der Waals surface area contributed by atoms with Gasteiger partial charge >= 0.3 is 5.69 Å². The molecule has 0 spiro atoms. The number of nitrogens with one attached hydrogen (secondary N) is 2. The summed E-state index contributed by atoms with van der Waals surface area (Å²) in [7, 11) is 0. The van der Waals surface area contributed by atoms with E-state index >= 15 is 0 Å². The zero-order chi connectivity index (χ0) is 9.42. The maximum Gasteiger partial charge on any atom is 0.323 e. The van der Waals surface area contributed by atoms with Gasteiger partial charge in [-0.05, 0) is 18.6 Å². The molecule has 1 aromatic heterocycles. The molecule has 0 aromatic carbocycles. The number of aromatic nitrogens is 2. The maximum atomic E-state index is 11.0. The molecule has 4 nitrogen and oxygen atoms in total. The number of allylic oxidation sites excluding steroid dienone is 4. The Bertz CT molecular complexity index is 448. The van der Waals surface area contributed by atoms with Gasteiger partial charge in [0.25, 0.3) is 0 Å². The van der Waals surface area contributed by atoms with Crippen LogP contribution in [0, 0.1) is 0 Å². The third kappa shape index (κ3) is 1.30. The molecule has 0 amide bonds. The molecule has 0 saturated heterocycles. The highest BCUT2D eigenvalue weighted by atomic mass is 16.3. The standard InChI is InChI=1S/C9H10N2O2/c1-5-2-3-6(12)4-7-8(5)11-9(13)10-7/h2-3,12H,4H2,1H3,(H2,10,11,13). The average molecular weight is 178 g/mol. The summed E-state index contributed by atoms with van der Waals surface area (Å²) >= 11 is 0. The van der Waals surface area contributed by atoms with E-state index in [9.17, 15) is 9.90 Å². The van der Waals surface area contributed by atoms with Gasteiger partial charge in [-0.25, -0.2) is 4.79 Å². The molecule has 0 radical (unpaired) electrons. The van der Waals surface area contributed by atoms with Crippen molar-refractivity contribution in [1.82, 2.24) is 9.97 Å². The topological polar surface area (TPSA) is 68.9 Å². The highest BCUT2D eigenvalue weighted by Gasteiger charge is 2.12. The Kier molecular flexibility index (Phi) is 1.62. The molecule has 1 heterocycles. The second-order valence-corrected chi connectivity index (χ2v) is 3.12. The Hall–Kier alpha value is -1.71. The molecule has 68 valence electrons. The van der Waals surface area contributed by atoms with Crippen molar-refractivity contribution in [2.45, 2.75) is 13.3 Å². The van der Waals surface area contributed by atoms with Crippen LogP contribution in [0.2, 0.25) is 0 Å². The molecule has 1 aliphatic carbocycles. The highest BCUT2D eigenvalue weighted by Crippen LogP contribution is 2.19. The van der Waals surface area contributed by atoms with Crippen LogP contribution in [0.4, 0.5) is 0 Å². The van der Waals surface area contributed by atoms with Crippen LogP contribution in [0.5, 0.6) is 0 Å². The van der Waals surface area contributed by atoms with Crippen molar-refractivity contribution in [3.05, 3.63) is 39.8 Å². The average Bonchev–Trinajstić information content (AvgIpc) is 2.37. The van der Waals surface area contributed by atoms with Gasteiger partial charge in [-0.15, -0.1) is 0 Å². The molecule has 0 fully saturated rings. The molecule has 3 N–H and O–H groups in total. The number of hydrogen-bond acceptors (Lipinski definition) is 2. The molecule has 1 aliphatic rings. The van der Waals surface area contributed by atoms with Crippen LogP contribution in [0.1, 0.15) is 18.3 Å². The Labute approximate surface area is 74.6 Å². The summed E-state index contributed by atoms with van der Waals surface area (Å²) in [6, 6.07) is 0. The van der Waals surface area contributed by atoms with E-state index < -0.39 is 0 Å². The third-order valence-electron chi connectivity index (χ3n) is 2.08. The van der Waals surface area contributed by atoms with Crippen molar-refractivity contribution in [2.75, 3.05) is 0 Å². The Balaban J connectivity index is 2.62. The Morgan fingerprint density at radius 2 is 2.15 bits per heavy atom. The zero-order valence-electron chi connectivity index (χ0n) is 7.22. The van der Waals surface area contributed by atoms with E-state index in [1.807, 2.05) is 6.92 Å². The molecule has 2 rings (SSSR count). The van der Waals surface area contributed by atoms with E-state index in [4.69, 9.17) is 0 Å². The number of hydrogen-bond donors (Lipinski definition) is 3. The van der Waals surface area contributed by atoms with Gasteiger partial charge in [0.1, 0.15) is 0 Å². The van der Waals surface area contributed by atoms with Gasteiger partial charge in [0, 0.05) is 6.42 Å². The number of aliphatic hydroxyl groups excluding tert-OH is 1. The van der Waals surface area contributed by atoms with E-state index in [1.54, 1.807) is 12.2 Å². The van der Waals surface area contributed by atoms with Gasteiger partial charge < -0.3 is 15.1 Å². The summed E-state index contributed by atoms with van der Waals surface area (Å²) in [4.78, 5) is 16.3. The van der Waals surface area contributed by atoms with Crippen molar-refractivity contribution in [1.29, 1.82) is 0 Å². The fourth-order valence-corrected chi connectivity index (χ4v) is 1.43. The Morgan fingerprint density at radius 1 is 1.38 bits per heavy atom. The number of aromatic amines is 2. The summed E-state index contributed by atoms with van der Waals surface area (Å²) in [5.41, 5.74) is 2.24. The van der Waals surface area contributed by atoms with E-state index in [1.165, 1.54) is 0 Å². The van der Waals surface area contributed by atoms with Crippen LogP contribution >= 0.6 is 0 Å². The molecule has 0 bridgehead atoms. The van der Waals surface area contributed by atoms with Crippen molar-refractivity contribution in [3.63, 3.8) is 0 Å². The molecule has 0 unspecified atom stereocenters. The van der Waals surface area contributed by atoms with Crippen molar-refractivity contribution >= 4 is 5.57 Å². The van der Waals surface area contributed by atoms with Gasteiger partial charge in [0.2, 0.25) is 0 Å². The monoisotopic (exact) mass is 178 g/mol. The lowest BCUT2D eigenvalue weighted by Gasteiger charge is -1.97. The quantitative estimate of drug-likeness (QED) is 0.557. The molecule has 0 saturated carbocycles. The molecular weight excluding hydrogens is 168 g/mol. The van der Waals surface area contributed by atoms with Gasteiger partial charge in [0.05, 0.1) is 17.1 Å². The lowest BCUT2D eigenvalue weighted by Crippen LogP contribution is -2.01. The first kappa shape index (κ1) is 7.91. The van der Waals surface area contributed by atoms with E-state index in [0.29, 0.717) is 6.42 Å². The maximum absolute atomic E-state index is 11.0. The van der Waals surface area contributed by atoms with E-state index in [0.717, 1.165) is 17.0 Å². The van der Waals surface area contributed by atoms with Crippen molar-refractivity contribution < 1.29 is 5.11 Å². The molecule has 1 aromatic rings. The number of rotatable bonds is 0. The fourth-order valence-electron chi connectivity index (χ4n) is 1.43. The van der Waals surface area contributed by atoms with Crippen molar-refractivity contribution in [2.24, 2.45) is 0 Å². The first-order valence-corrected chi connectivity index (χ1v) is 4.05.